The maximum absolute atomic E-state index is 6.67. The van der Waals surface area contributed by atoms with Gasteiger partial charge in [-0.3, -0.25) is 0 Å². The molecule has 3 heteroatoms. The molecule has 0 bridgehead atoms. The third-order valence-electron chi connectivity index (χ3n) is 0.750. The quantitative estimate of drug-likeness (QED) is 0.366. The van der Waals surface area contributed by atoms with E-state index in [2.05, 4.69) is 50.4 Å². The van der Waals surface area contributed by atoms with Crippen molar-refractivity contribution in [3.63, 3.8) is 0 Å². The van der Waals surface area contributed by atoms with Crippen LogP contribution in [0, 0.1) is 23.9 Å². The molecule has 0 nitrogen and oxygen atoms in total. The van der Waals surface area contributed by atoms with Crippen molar-refractivity contribution in [2.24, 2.45) is 0 Å². The van der Waals surface area contributed by atoms with E-state index in [4.69, 9.17) is 12.8 Å². The summed E-state index contributed by atoms with van der Waals surface area (Å²) >= 11 is 0. The van der Waals surface area contributed by atoms with Crippen LogP contribution in [-0.2, 0) is 19.5 Å². The maximum Gasteiger partial charge on any atom is 2.00 e. The van der Waals surface area contributed by atoms with E-state index >= 15 is 0 Å². The molecule has 0 atom stereocenters. The second-order valence-corrected chi connectivity index (χ2v) is 14.2. The molecule has 0 fully saturated rings. The van der Waals surface area contributed by atoms with Gasteiger partial charge in [-0.25, -0.2) is 0 Å². The van der Waals surface area contributed by atoms with Crippen LogP contribution in [0.1, 0.15) is 0 Å². The van der Waals surface area contributed by atoms with Crippen molar-refractivity contribution in [2.75, 3.05) is 0 Å². The van der Waals surface area contributed by atoms with Gasteiger partial charge in [0.2, 0.25) is 0 Å². The minimum absolute atomic E-state index is 0. The molecule has 0 aliphatic carbocycles. The minimum atomic E-state index is -1.21. The van der Waals surface area contributed by atoms with E-state index in [1.807, 2.05) is 0 Å². The van der Waals surface area contributed by atoms with Gasteiger partial charge in [-0.1, -0.05) is 39.3 Å². The van der Waals surface area contributed by atoms with E-state index in [0.717, 1.165) is 0 Å². The van der Waals surface area contributed by atoms with Crippen molar-refractivity contribution in [2.45, 2.75) is 39.3 Å². The maximum atomic E-state index is 6.67. The van der Waals surface area contributed by atoms with Gasteiger partial charge < -0.3 is 23.9 Å². The van der Waals surface area contributed by atoms with Gasteiger partial charge in [0.15, 0.2) is 0 Å². The summed E-state index contributed by atoms with van der Waals surface area (Å²) in [5.74, 6) is 0. The fourth-order valence-corrected chi connectivity index (χ4v) is 0. The summed E-state index contributed by atoms with van der Waals surface area (Å²) in [5.41, 5.74) is 4.99. The Morgan fingerprint density at radius 1 is 0.692 bits per heavy atom. The zero-order chi connectivity index (χ0) is 10.4. The van der Waals surface area contributed by atoms with E-state index < -0.39 is 16.1 Å². The average Bonchev–Trinajstić information content (AvgIpc) is 1.86. The van der Waals surface area contributed by atoms with Gasteiger partial charge in [-0.05, 0) is 0 Å². The Bertz CT molecular complexity index is 171. The van der Waals surface area contributed by atoms with Crippen LogP contribution in [0.15, 0.2) is 0 Å². The van der Waals surface area contributed by atoms with Crippen LogP contribution >= 0.6 is 0 Å². The standard InChI is InChI=1S/2C5H9Si.Rh/c2*1-5-6(2,3)4;/h2*2-4H3;/q2*-1;+2. The van der Waals surface area contributed by atoms with Crippen molar-refractivity contribution in [1.29, 1.82) is 0 Å². The number of rotatable bonds is 0. The molecule has 0 amide bonds. The van der Waals surface area contributed by atoms with Crippen molar-refractivity contribution in [3.8, 4) is 11.1 Å². The Balaban J connectivity index is -0.000000143. The van der Waals surface area contributed by atoms with E-state index in [1.165, 1.54) is 0 Å². The zero-order valence-electron chi connectivity index (χ0n) is 9.33. The topological polar surface area (TPSA) is 0 Å². The first-order valence-corrected chi connectivity index (χ1v) is 11.0. The first-order chi connectivity index (χ1) is 5.12. The molecular formula is C10H18RhSi2. The van der Waals surface area contributed by atoms with Crippen molar-refractivity contribution >= 4 is 16.1 Å². The predicted octanol–water partition coefficient (Wildman–Crippen LogP) is 2.90. The predicted molar refractivity (Wildman–Crippen MR) is 61.0 cm³/mol. The first-order valence-electron chi connectivity index (χ1n) is 4.00. The normalized spacial score (nSPS) is 9.54. The summed E-state index contributed by atoms with van der Waals surface area (Å²) < 4.78 is 0. The molecular weight excluding hydrogens is 279 g/mol. The Kier molecular flexibility index (Phi) is 11.0. The SMILES string of the molecule is [C-]#C[Si](C)(C)C.[C-]#C[Si](C)(C)C.[Rh+2]. The van der Waals surface area contributed by atoms with Crippen LogP contribution in [0.5, 0.6) is 0 Å². The van der Waals surface area contributed by atoms with Gasteiger partial charge >= 0.3 is 19.5 Å². The molecule has 0 aliphatic heterocycles. The molecule has 0 spiro atoms. The van der Waals surface area contributed by atoms with E-state index in [-0.39, 0.29) is 19.5 Å². The molecule has 0 heterocycles. The summed E-state index contributed by atoms with van der Waals surface area (Å²) in [6, 6.07) is 0. The Labute approximate surface area is 98.7 Å². The molecule has 0 N–H and O–H groups in total. The van der Waals surface area contributed by atoms with Crippen LogP contribution in [0.25, 0.3) is 0 Å². The summed E-state index contributed by atoms with van der Waals surface area (Å²) in [4.78, 5) is 0. The van der Waals surface area contributed by atoms with E-state index in [0.29, 0.717) is 0 Å². The third-order valence-corrected chi connectivity index (χ3v) is 2.25. The second kappa shape index (κ2) is 7.57. The van der Waals surface area contributed by atoms with Gasteiger partial charge in [0, 0.05) is 0 Å². The van der Waals surface area contributed by atoms with Crippen LogP contribution in [-0.4, -0.2) is 16.1 Å². The van der Waals surface area contributed by atoms with Crippen LogP contribution in [0.3, 0.4) is 0 Å². The molecule has 0 saturated heterocycles. The van der Waals surface area contributed by atoms with Crippen LogP contribution < -0.4 is 0 Å². The van der Waals surface area contributed by atoms with Gasteiger partial charge in [-0.15, -0.1) is 0 Å². The van der Waals surface area contributed by atoms with Gasteiger partial charge in [-0.2, -0.15) is 0 Å². The molecule has 0 rings (SSSR count). The van der Waals surface area contributed by atoms with Crippen molar-refractivity contribution in [3.05, 3.63) is 12.8 Å². The Hall–Kier alpha value is 0.177. The first kappa shape index (κ1) is 18.9. The molecule has 0 unspecified atom stereocenters. The summed E-state index contributed by atoms with van der Waals surface area (Å²) in [5, 5.41) is 0. The monoisotopic (exact) mass is 297 g/mol. The van der Waals surface area contributed by atoms with Crippen molar-refractivity contribution < 1.29 is 19.5 Å². The Morgan fingerprint density at radius 3 is 0.769 bits per heavy atom. The molecule has 0 saturated carbocycles. The second-order valence-electron chi connectivity index (χ2n) is 4.75. The van der Waals surface area contributed by atoms with Crippen LogP contribution in [0.2, 0.25) is 39.3 Å². The summed E-state index contributed by atoms with van der Waals surface area (Å²) in [6.07, 6.45) is 13.3. The zero-order valence-corrected chi connectivity index (χ0v) is 13.0. The molecule has 0 aromatic heterocycles. The summed E-state index contributed by atoms with van der Waals surface area (Å²) in [6.45, 7) is 12.5. The smallest absolute Gasteiger partial charge is 0.701 e. The minimum Gasteiger partial charge on any atom is -0.701 e. The molecule has 13 heavy (non-hydrogen) atoms. The third kappa shape index (κ3) is 33.1. The Morgan fingerprint density at radius 2 is 0.769 bits per heavy atom. The fourth-order valence-electron chi connectivity index (χ4n) is 0. The molecule has 75 valence electrons. The van der Waals surface area contributed by atoms with Crippen molar-refractivity contribution in [1.82, 2.24) is 0 Å². The molecule has 0 aromatic rings. The van der Waals surface area contributed by atoms with E-state index in [9.17, 15) is 0 Å². The number of hydrogen-bond acceptors (Lipinski definition) is 0. The van der Waals surface area contributed by atoms with Gasteiger partial charge in [0.1, 0.15) is 0 Å². The molecule has 1 radical (unpaired) electrons. The molecule has 0 aliphatic rings. The van der Waals surface area contributed by atoms with Crippen LogP contribution in [0.4, 0.5) is 0 Å². The number of hydrogen-bond donors (Lipinski definition) is 0. The van der Waals surface area contributed by atoms with E-state index in [1.54, 1.807) is 0 Å². The molecule has 0 aromatic carbocycles. The average molecular weight is 297 g/mol. The van der Waals surface area contributed by atoms with Gasteiger partial charge in [0.05, 0.1) is 16.1 Å². The largest absolute Gasteiger partial charge is 2.00 e. The fraction of sp³-hybridized carbons (Fsp3) is 0.600. The van der Waals surface area contributed by atoms with Gasteiger partial charge in [0.25, 0.3) is 0 Å². The summed E-state index contributed by atoms with van der Waals surface area (Å²) in [7, 11) is -2.43.